The van der Waals surface area contributed by atoms with Crippen LogP contribution in [0.4, 0.5) is 0 Å². The third-order valence-corrected chi connectivity index (χ3v) is 3.67. The Labute approximate surface area is 74.1 Å². The summed E-state index contributed by atoms with van der Waals surface area (Å²) in [5, 5.41) is 0.425. The van der Waals surface area contributed by atoms with Crippen molar-refractivity contribution < 1.29 is 9.59 Å². The number of amides is 2. The molecule has 10 heavy (non-hydrogen) atoms. The molecule has 56 valence electrons. The van der Waals surface area contributed by atoms with Crippen LogP contribution in [0.25, 0.3) is 0 Å². The van der Waals surface area contributed by atoms with Gasteiger partial charge >= 0.3 is 0 Å². The molecule has 1 unspecified atom stereocenters. The van der Waals surface area contributed by atoms with E-state index in [-0.39, 0.29) is 23.5 Å². The van der Waals surface area contributed by atoms with Crippen molar-refractivity contribution in [2.75, 3.05) is 0 Å². The molecule has 1 rings (SSSR count). The van der Waals surface area contributed by atoms with Crippen molar-refractivity contribution in [3.05, 3.63) is 0 Å². The maximum absolute atomic E-state index is 10.9. The number of carbonyl (C=O) groups is 2. The number of nitrogens with zero attached hydrogens (tertiary/aromatic N) is 1. The molecule has 4 nitrogen and oxygen atoms in total. The molecule has 0 aromatic rings. The van der Waals surface area contributed by atoms with E-state index in [4.69, 9.17) is 5.84 Å². The van der Waals surface area contributed by atoms with Crippen molar-refractivity contribution in [1.29, 1.82) is 0 Å². The maximum atomic E-state index is 10.9. The molecular formula is C4H5IN2O2S. The largest absolute Gasteiger partial charge is 0.273 e. The standard InChI is InChI=1S/C4H5IN2O2S/c5-10-2-1-3(8)7(6)4(2)9/h2H,1,6H2. The zero-order chi connectivity index (χ0) is 7.72. The lowest BCUT2D eigenvalue weighted by Gasteiger charge is -2.03. The molecule has 0 spiro atoms. The minimum Gasteiger partial charge on any atom is -0.273 e. The first-order valence-electron chi connectivity index (χ1n) is 2.55. The van der Waals surface area contributed by atoms with Crippen LogP contribution in [0.3, 0.4) is 0 Å². The van der Waals surface area contributed by atoms with Gasteiger partial charge in [0.05, 0.1) is 6.42 Å². The molecule has 0 aliphatic carbocycles. The molecule has 6 heteroatoms. The van der Waals surface area contributed by atoms with Crippen LogP contribution < -0.4 is 5.84 Å². The Morgan fingerprint density at radius 1 is 1.70 bits per heavy atom. The monoisotopic (exact) mass is 272 g/mol. The highest BCUT2D eigenvalue weighted by Gasteiger charge is 2.36. The zero-order valence-electron chi connectivity index (χ0n) is 4.91. The summed E-state index contributed by atoms with van der Waals surface area (Å²) >= 11 is 1.99. The number of nitrogens with two attached hydrogens (primary N) is 1. The first-order chi connectivity index (χ1) is 4.66. The van der Waals surface area contributed by atoms with Crippen LogP contribution in [-0.4, -0.2) is 22.1 Å². The molecule has 1 aliphatic rings. The second kappa shape index (κ2) is 3.05. The van der Waals surface area contributed by atoms with Gasteiger partial charge in [-0.2, -0.15) is 0 Å². The van der Waals surface area contributed by atoms with Gasteiger partial charge in [-0.05, 0) is 21.2 Å². The third kappa shape index (κ3) is 1.28. The van der Waals surface area contributed by atoms with Gasteiger partial charge in [0.15, 0.2) is 0 Å². The lowest BCUT2D eigenvalue weighted by Crippen LogP contribution is -2.37. The van der Waals surface area contributed by atoms with Crippen molar-refractivity contribution >= 4 is 42.0 Å². The van der Waals surface area contributed by atoms with Crippen LogP contribution in [0.5, 0.6) is 0 Å². The van der Waals surface area contributed by atoms with E-state index in [1.807, 2.05) is 21.2 Å². The molecular weight excluding hydrogens is 267 g/mol. The molecule has 2 N–H and O–H groups in total. The summed E-state index contributed by atoms with van der Waals surface area (Å²) in [6.45, 7) is 0. The van der Waals surface area contributed by atoms with Crippen molar-refractivity contribution in [2.24, 2.45) is 5.84 Å². The van der Waals surface area contributed by atoms with Gasteiger partial charge in [0.25, 0.3) is 5.91 Å². The number of hydrogen-bond acceptors (Lipinski definition) is 4. The Balaban J connectivity index is 2.71. The average Bonchev–Trinajstić information content (AvgIpc) is 2.17. The molecule has 2 amide bonds. The highest BCUT2D eigenvalue weighted by molar-refractivity contribution is 14.2. The Hall–Kier alpha value is 0.180. The van der Waals surface area contributed by atoms with Crippen LogP contribution in [0.15, 0.2) is 0 Å². The minimum absolute atomic E-state index is 0.239. The predicted octanol–water partition coefficient (Wildman–Crippen LogP) is 0.0708. The van der Waals surface area contributed by atoms with E-state index in [0.29, 0.717) is 5.01 Å². The highest BCUT2D eigenvalue weighted by atomic mass is 127. The Bertz CT molecular complexity index is 186. The van der Waals surface area contributed by atoms with E-state index >= 15 is 0 Å². The van der Waals surface area contributed by atoms with Crippen molar-refractivity contribution in [2.45, 2.75) is 11.7 Å². The summed E-state index contributed by atoms with van der Waals surface area (Å²) in [5.41, 5.74) is 0. The summed E-state index contributed by atoms with van der Waals surface area (Å²) in [6.07, 6.45) is 0.239. The molecule has 1 atom stereocenters. The zero-order valence-corrected chi connectivity index (χ0v) is 7.89. The normalized spacial score (nSPS) is 26.2. The number of rotatable bonds is 1. The number of halogens is 1. The average molecular weight is 272 g/mol. The van der Waals surface area contributed by atoms with E-state index in [9.17, 15) is 9.59 Å². The van der Waals surface area contributed by atoms with Crippen LogP contribution >= 0.6 is 30.1 Å². The summed E-state index contributed by atoms with van der Waals surface area (Å²) in [4.78, 5) is 21.6. The molecule has 0 saturated carbocycles. The quantitative estimate of drug-likeness (QED) is 0.317. The summed E-state index contributed by atoms with van der Waals surface area (Å²) in [5.74, 6) is 4.53. The van der Waals surface area contributed by atoms with E-state index in [1.165, 1.54) is 8.93 Å². The van der Waals surface area contributed by atoms with Crippen molar-refractivity contribution in [3.8, 4) is 0 Å². The van der Waals surface area contributed by atoms with Crippen LogP contribution in [0.1, 0.15) is 6.42 Å². The number of carbonyl (C=O) groups excluding carboxylic acids is 2. The third-order valence-electron chi connectivity index (χ3n) is 1.25. The van der Waals surface area contributed by atoms with Crippen LogP contribution in [-0.2, 0) is 9.59 Å². The molecule has 1 fully saturated rings. The van der Waals surface area contributed by atoms with Gasteiger partial charge in [0, 0.05) is 0 Å². The van der Waals surface area contributed by atoms with Gasteiger partial charge in [0.1, 0.15) is 5.25 Å². The van der Waals surface area contributed by atoms with Gasteiger partial charge < -0.3 is 0 Å². The first-order valence-corrected chi connectivity index (χ1v) is 5.98. The topological polar surface area (TPSA) is 63.4 Å². The maximum Gasteiger partial charge on any atom is 0.258 e. The number of hydrazine groups is 1. The molecule has 0 aromatic heterocycles. The van der Waals surface area contributed by atoms with Gasteiger partial charge in [-0.25, -0.2) is 10.9 Å². The number of hydrogen-bond donors (Lipinski definition) is 1. The van der Waals surface area contributed by atoms with Gasteiger partial charge in [-0.3, -0.25) is 9.59 Å². The fourth-order valence-electron chi connectivity index (χ4n) is 0.692. The van der Waals surface area contributed by atoms with Crippen molar-refractivity contribution in [3.63, 3.8) is 0 Å². The Morgan fingerprint density at radius 2 is 2.30 bits per heavy atom. The van der Waals surface area contributed by atoms with E-state index in [1.54, 1.807) is 0 Å². The molecule has 1 aliphatic heterocycles. The van der Waals surface area contributed by atoms with Crippen molar-refractivity contribution in [1.82, 2.24) is 5.01 Å². The predicted molar refractivity (Wildman–Crippen MR) is 46.1 cm³/mol. The molecule has 0 aromatic carbocycles. The van der Waals surface area contributed by atoms with Crippen LogP contribution in [0, 0.1) is 0 Å². The minimum atomic E-state index is -0.292. The fraction of sp³-hybridized carbons (Fsp3) is 0.500. The Kier molecular flexibility index (Phi) is 2.53. The summed E-state index contributed by atoms with van der Waals surface area (Å²) in [6, 6.07) is 0. The molecule has 0 bridgehead atoms. The second-order valence-corrected chi connectivity index (χ2v) is 4.16. The molecule has 1 saturated heterocycles. The SMILES string of the molecule is NN1C(=O)CC(SI)C1=O. The van der Waals surface area contributed by atoms with Gasteiger partial charge in [-0.15, -0.1) is 0 Å². The lowest BCUT2D eigenvalue weighted by atomic mass is 10.4. The Morgan fingerprint density at radius 3 is 2.50 bits per heavy atom. The molecule has 0 radical (unpaired) electrons. The highest BCUT2D eigenvalue weighted by Crippen LogP contribution is 2.27. The second-order valence-electron chi connectivity index (χ2n) is 1.88. The van der Waals surface area contributed by atoms with Crippen LogP contribution in [0.2, 0.25) is 0 Å². The molecule has 1 heterocycles. The first kappa shape index (κ1) is 8.28. The smallest absolute Gasteiger partial charge is 0.258 e. The lowest BCUT2D eigenvalue weighted by molar-refractivity contribution is -0.138. The van der Waals surface area contributed by atoms with E-state index < -0.39 is 0 Å². The fourth-order valence-corrected chi connectivity index (χ4v) is 2.28. The van der Waals surface area contributed by atoms with E-state index in [0.717, 1.165) is 0 Å². The summed E-state index contributed by atoms with van der Waals surface area (Å²) in [7, 11) is 1.33. The van der Waals surface area contributed by atoms with Gasteiger partial charge in [-0.1, -0.05) is 8.93 Å². The van der Waals surface area contributed by atoms with E-state index in [2.05, 4.69) is 0 Å². The van der Waals surface area contributed by atoms with Gasteiger partial charge in [0.2, 0.25) is 5.91 Å². The summed E-state index contributed by atoms with van der Waals surface area (Å²) < 4.78 is 0. The number of imide groups is 1.